The Balaban J connectivity index is 2.32. The van der Waals surface area contributed by atoms with E-state index in [-0.39, 0.29) is 5.63 Å². The molecule has 0 amide bonds. The van der Waals surface area contributed by atoms with Crippen LogP contribution in [-0.4, -0.2) is 4.98 Å². The minimum absolute atomic E-state index is 0.316. The first-order chi connectivity index (χ1) is 8.75. The highest BCUT2D eigenvalue weighted by atomic mass is 35.5. The van der Waals surface area contributed by atoms with E-state index in [0.29, 0.717) is 21.9 Å². The Morgan fingerprint density at radius 1 is 1.11 bits per heavy atom. The van der Waals surface area contributed by atoms with Crippen molar-refractivity contribution in [1.29, 1.82) is 0 Å². The summed E-state index contributed by atoms with van der Waals surface area (Å²) in [5.74, 6) is 0.428. The summed E-state index contributed by atoms with van der Waals surface area (Å²) in [6.07, 6.45) is 1.59. The molecule has 0 atom stereocenters. The number of fused-ring (bicyclic) bond motifs is 1. The van der Waals surface area contributed by atoms with Gasteiger partial charge < -0.3 is 4.42 Å². The first-order valence-corrected chi connectivity index (χ1v) is 5.77. The summed E-state index contributed by atoms with van der Waals surface area (Å²) >= 11 is 5.99. The molecule has 3 aromatic rings. The van der Waals surface area contributed by atoms with E-state index in [2.05, 4.69) is 4.98 Å². The van der Waals surface area contributed by atoms with Gasteiger partial charge in [0.2, 0.25) is 0 Å². The lowest BCUT2D eigenvalue weighted by Gasteiger charge is -2.03. The molecule has 0 saturated heterocycles. The lowest BCUT2D eigenvalue weighted by atomic mass is 10.1. The fraction of sp³-hybridized carbons (Fsp3) is 0. The second-order valence-electron chi connectivity index (χ2n) is 3.83. The number of halogens is 1. The predicted molar refractivity (Wildman–Crippen MR) is 70.7 cm³/mol. The maximum Gasteiger partial charge on any atom is 0.344 e. The third-order valence-corrected chi connectivity index (χ3v) is 3.00. The summed E-state index contributed by atoms with van der Waals surface area (Å²) in [6.45, 7) is 0. The number of pyridine rings is 1. The molecule has 0 radical (unpaired) electrons. The Hall–Kier alpha value is -2.13. The SMILES string of the molecule is O=c1oc(-c2cccnc2Cl)cc2ccccc12. The zero-order valence-electron chi connectivity index (χ0n) is 9.26. The Morgan fingerprint density at radius 3 is 2.78 bits per heavy atom. The van der Waals surface area contributed by atoms with Crippen LogP contribution in [0.1, 0.15) is 0 Å². The summed E-state index contributed by atoms with van der Waals surface area (Å²) < 4.78 is 5.28. The number of nitrogens with zero attached hydrogens (tertiary/aromatic N) is 1. The first kappa shape index (κ1) is 11.0. The highest BCUT2D eigenvalue weighted by molar-refractivity contribution is 6.32. The van der Waals surface area contributed by atoms with Crippen molar-refractivity contribution < 1.29 is 4.42 Å². The van der Waals surface area contributed by atoms with Gasteiger partial charge in [-0.1, -0.05) is 29.8 Å². The molecule has 0 unspecified atom stereocenters. The number of aromatic nitrogens is 1. The number of hydrogen-bond acceptors (Lipinski definition) is 3. The molecule has 88 valence electrons. The zero-order valence-corrected chi connectivity index (χ0v) is 10.0. The van der Waals surface area contributed by atoms with Crippen LogP contribution < -0.4 is 5.63 Å². The van der Waals surface area contributed by atoms with Crippen molar-refractivity contribution in [1.82, 2.24) is 4.98 Å². The molecule has 0 saturated carbocycles. The molecule has 18 heavy (non-hydrogen) atoms. The van der Waals surface area contributed by atoms with Crippen molar-refractivity contribution >= 4 is 22.4 Å². The zero-order chi connectivity index (χ0) is 12.5. The normalized spacial score (nSPS) is 10.7. The van der Waals surface area contributed by atoms with Crippen LogP contribution in [0.2, 0.25) is 5.15 Å². The van der Waals surface area contributed by atoms with Gasteiger partial charge in [-0.3, -0.25) is 0 Å². The predicted octanol–water partition coefficient (Wildman–Crippen LogP) is 3.51. The largest absolute Gasteiger partial charge is 0.422 e. The molecule has 0 aliphatic carbocycles. The van der Waals surface area contributed by atoms with E-state index >= 15 is 0 Å². The van der Waals surface area contributed by atoms with Crippen molar-refractivity contribution in [2.75, 3.05) is 0 Å². The molecule has 0 N–H and O–H groups in total. The van der Waals surface area contributed by atoms with Gasteiger partial charge in [0.05, 0.1) is 10.9 Å². The van der Waals surface area contributed by atoms with E-state index in [1.807, 2.05) is 12.1 Å². The minimum Gasteiger partial charge on any atom is -0.422 e. The molecule has 0 fully saturated rings. The first-order valence-electron chi connectivity index (χ1n) is 5.39. The maximum atomic E-state index is 11.9. The lowest BCUT2D eigenvalue weighted by molar-refractivity contribution is 0.534. The van der Waals surface area contributed by atoms with Gasteiger partial charge in [0.1, 0.15) is 10.9 Å². The van der Waals surface area contributed by atoms with Crippen LogP contribution in [0.15, 0.2) is 57.9 Å². The van der Waals surface area contributed by atoms with E-state index in [1.54, 1.807) is 36.5 Å². The van der Waals surface area contributed by atoms with Crippen LogP contribution >= 0.6 is 11.6 Å². The fourth-order valence-electron chi connectivity index (χ4n) is 1.84. The van der Waals surface area contributed by atoms with Crippen LogP contribution in [0.5, 0.6) is 0 Å². The van der Waals surface area contributed by atoms with Gasteiger partial charge >= 0.3 is 5.63 Å². The van der Waals surface area contributed by atoms with Crippen LogP contribution in [0.25, 0.3) is 22.1 Å². The lowest BCUT2D eigenvalue weighted by Crippen LogP contribution is -2.00. The van der Waals surface area contributed by atoms with E-state index in [4.69, 9.17) is 16.0 Å². The van der Waals surface area contributed by atoms with E-state index in [0.717, 1.165) is 5.39 Å². The maximum absolute atomic E-state index is 11.9. The van der Waals surface area contributed by atoms with Crippen molar-refractivity contribution in [3.63, 3.8) is 0 Å². The third-order valence-electron chi connectivity index (χ3n) is 2.69. The van der Waals surface area contributed by atoms with Crippen LogP contribution in [0, 0.1) is 0 Å². The second kappa shape index (κ2) is 4.27. The van der Waals surface area contributed by atoms with Gasteiger partial charge in [-0.15, -0.1) is 0 Å². The molecule has 2 heterocycles. The molecule has 2 aromatic heterocycles. The van der Waals surface area contributed by atoms with Crippen LogP contribution in [-0.2, 0) is 0 Å². The van der Waals surface area contributed by atoms with E-state index in [9.17, 15) is 4.79 Å². The molecule has 0 aliphatic rings. The van der Waals surface area contributed by atoms with Crippen molar-refractivity contribution in [2.45, 2.75) is 0 Å². The topological polar surface area (TPSA) is 43.1 Å². The van der Waals surface area contributed by atoms with Crippen molar-refractivity contribution in [3.05, 3.63) is 64.2 Å². The molecular formula is C14H8ClNO2. The average molecular weight is 258 g/mol. The molecule has 4 heteroatoms. The summed E-state index contributed by atoms with van der Waals surface area (Å²) in [5, 5.41) is 1.70. The molecule has 0 aliphatic heterocycles. The number of benzene rings is 1. The van der Waals surface area contributed by atoms with Crippen LogP contribution in [0.3, 0.4) is 0 Å². The van der Waals surface area contributed by atoms with Gasteiger partial charge in [0.15, 0.2) is 0 Å². The highest BCUT2D eigenvalue weighted by Crippen LogP contribution is 2.26. The van der Waals surface area contributed by atoms with Gasteiger partial charge in [-0.05, 0) is 29.7 Å². The smallest absolute Gasteiger partial charge is 0.344 e. The monoisotopic (exact) mass is 257 g/mol. The molecule has 0 bridgehead atoms. The summed E-state index contributed by atoms with van der Waals surface area (Å²) in [5.41, 5.74) is 0.241. The molecule has 3 nitrogen and oxygen atoms in total. The van der Waals surface area contributed by atoms with Crippen molar-refractivity contribution in [3.8, 4) is 11.3 Å². The number of rotatable bonds is 1. The average Bonchev–Trinajstić information content (AvgIpc) is 2.39. The van der Waals surface area contributed by atoms with Gasteiger partial charge in [0.25, 0.3) is 0 Å². The fourth-order valence-corrected chi connectivity index (χ4v) is 2.05. The summed E-state index contributed by atoms with van der Waals surface area (Å²) in [6, 6.07) is 12.6. The van der Waals surface area contributed by atoms with Crippen LogP contribution in [0.4, 0.5) is 0 Å². The Labute approximate surface area is 108 Å². The highest BCUT2D eigenvalue weighted by Gasteiger charge is 2.09. The van der Waals surface area contributed by atoms with Gasteiger partial charge in [0, 0.05) is 6.20 Å². The molecule has 3 rings (SSSR count). The third kappa shape index (κ3) is 1.79. The Bertz CT molecular complexity index is 780. The van der Waals surface area contributed by atoms with Gasteiger partial charge in [-0.25, -0.2) is 9.78 Å². The summed E-state index contributed by atoms with van der Waals surface area (Å²) in [7, 11) is 0. The molecule has 0 spiro atoms. The minimum atomic E-state index is -0.372. The molecule has 1 aromatic carbocycles. The van der Waals surface area contributed by atoms with Gasteiger partial charge in [-0.2, -0.15) is 0 Å². The van der Waals surface area contributed by atoms with Crippen molar-refractivity contribution in [2.24, 2.45) is 0 Å². The van der Waals surface area contributed by atoms with E-state index in [1.165, 1.54) is 0 Å². The quantitative estimate of drug-likeness (QED) is 0.627. The molecular weight excluding hydrogens is 250 g/mol. The van der Waals surface area contributed by atoms with E-state index < -0.39 is 0 Å². The Kier molecular flexibility index (Phi) is 2.61. The standard InChI is InChI=1S/C14H8ClNO2/c15-13-11(6-3-7-16-13)12-8-9-4-1-2-5-10(9)14(17)18-12/h1-8H. The summed E-state index contributed by atoms with van der Waals surface area (Å²) in [4.78, 5) is 15.8. The Morgan fingerprint density at radius 2 is 1.94 bits per heavy atom. The number of hydrogen-bond donors (Lipinski definition) is 0. The second-order valence-corrected chi connectivity index (χ2v) is 4.19.